The minimum absolute atomic E-state index is 0.0113. The van der Waals surface area contributed by atoms with Crippen molar-refractivity contribution < 1.29 is 19.0 Å². The van der Waals surface area contributed by atoms with Crippen molar-refractivity contribution in [3.63, 3.8) is 0 Å². The van der Waals surface area contributed by atoms with Gasteiger partial charge in [0, 0.05) is 12.7 Å². The van der Waals surface area contributed by atoms with Gasteiger partial charge in [-0.15, -0.1) is 0 Å². The molecule has 0 spiro atoms. The zero-order chi connectivity index (χ0) is 12.7. The first-order chi connectivity index (χ1) is 8.17. The molecule has 0 fully saturated rings. The molecule has 0 bridgehead atoms. The molecule has 0 N–H and O–H groups in total. The molecule has 0 amide bonds. The van der Waals surface area contributed by atoms with Crippen LogP contribution in [0.25, 0.3) is 0 Å². The van der Waals surface area contributed by atoms with Gasteiger partial charge in [0.1, 0.15) is 0 Å². The lowest BCUT2D eigenvalue weighted by Crippen LogP contribution is -2.08. The van der Waals surface area contributed by atoms with Crippen molar-refractivity contribution in [2.45, 2.75) is 26.9 Å². The van der Waals surface area contributed by atoms with Crippen LogP contribution in [0, 0.1) is 0 Å². The Bertz CT molecular complexity index is 366. The molecule has 0 aliphatic rings. The molecule has 0 aromatic carbocycles. The molecule has 5 nitrogen and oxygen atoms in total. The number of nitrogens with zero attached hydrogens (tertiary/aromatic N) is 1. The number of ether oxygens (including phenoxy) is 3. The number of carbonyl (C=O) groups excluding carboxylic acids is 1. The predicted octanol–water partition coefficient (Wildman–Crippen LogP) is 2.05. The van der Waals surface area contributed by atoms with Gasteiger partial charge in [-0.2, -0.15) is 0 Å². The third-order valence-electron chi connectivity index (χ3n) is 1.86. The molecule has 17 heavy (non-hydrogen) atoms. The summed E-state index contributed by atoms with van der Waals surface area (Å²) in [5.74, 6) is 0.801. The van der Waals surface area contributed by atoms with Crippen molar-refractivity contribution in [3.8, 4) is 11.6 Å². The number of hydrogen-bond donors (Lipinski definition) is 0. The van der Waals surface area contributed by atoms with Crippen LogP contribution in [0.5, 0.6) is 11.6 Å². The first kappa shape index (κ1) is 13.4. The average molecular weight is 239 g/mol. The van der Waals surface area contributed by atoms with Crippen LogP contribution in [0.2, 0.25) is 0 Å². The standard InChI is InChI=1S/C12H17NO4/c1-4-15-8-16-11-6-13-12(17-9(2)3)5-10(11)7-14/h5-7,9H,4,8H2,1-3H3. The normalized spacial score (nSPS) is 10.4. The molecule has 1 aromatic rings. The van der Waals surface area contributed by atoms with Crippen molar-refractivity contribution in [2.24, 2.45) is 0 Å². The topological polar surface area (TPSA) is 57.6 Å². The van der Waals surface area contributed by atoms with E-state index >= 15 is 0 Å². The molecule has 0 aliphatic carbocycles. The summed E-state index contributed by atoms with van der Waals surface area (Å²) >= 11 is 0. The molecule has 0 unspecified atom stereocenters. The van der Waals surface area contributed by atoms with Crippen molar-refractivity contribution in [1.82, 2.24) is 4.98 Å². The van der Waals surface area contributed by atoms with Crippen molar-refractivity contribution in [3.05, 3.63) is 17.8 Å². The number of pyridine rings is 1. The van der Waals surface area contributed by atoms with Gasteiger partial charge in [0.25, 0.3) is 0 Å². The summed E-state index contributed by atoms with van der Waals surface area (Å²) in [4.78, 5) is 14.9. The molecule has 1 heterocycles. The second-order valence-corrected chi connectivity index (χ2v) is 3.60. The quantitative estimate of drug-likeness (QED) is 0.414. The molecule has 5 heteroatoms. The van der Waals surface area contributed by atoms with E-state index in [2.05, 4.69) is 4.98 Å². The van der Waals surface area contributed by atoms with E-state index in [9.17, 15) is 4.79 Å². The highest BCUT2D eigenvalue weighted by Gasteiger charge is 2.07. The van der Waals surface area contributed by atoms with E-state index in [-0.39, 0.29) is 12.9 Å². The monoisotopic (exact) mass is 239 g/mol. The van der Waals surface area contributed by atoms with Crippen LogP contribution in [0.1, 0.15) is 31.1 Å². The number of hydrogen-bond acceptors (Lipinski definition) is 5. The lowest BCUT2D eigenvalue weighted by molar-refractivity contribution is 0.0217. The van der Waals surface area contributed by atoms with Gasteiger partial charge in [-0.05, 0) is 20.8 Å². The third kappa shape index (κ3) is 4.40. The van der Waals surface area contributed by atoms with Crippen LogP contribution in [0.4, 0.5) is 0 Å². The van der Waals surface area contributed by atoms with E-state index in [4.69, 9.17) is 14.2 Å². The van der Waals surface area contributed by atoms with Gasteiger partial charge in [-0.25, -0.2) is 4.98 Å². The number of aldehydes is 1. The van der Waals surface area contributed by atoms with E-state index in [0.29, 0.717) is 30.1 Å². The van der Waals surface area contributed by atoms with E-state index in [1.165, 1.54) is 6.20 Å². The molecule has 0 atom stereocenters. The van der Waals surface area contributed by atoms with Crippen LogP contribution in [0.15, 0.2) is 12.3 Å². The van der Waals surface area contributed by atoms with Gasteiger partial charge in [-0.1, -0.05) is 0 Å². The maximum absolute atomic E-state index is 10.9. The van der Waals surface area contributed by atoms with Gasteiger partial charge < -0.3 is 14.2 Å². The van der Waals surface area contributed by atoms with Crippen LogP contribution >= 0.6 is 0 Å². The van der Waals surface area contributed by atoms with Crippen LogP contribution < -0.4 is 9.47 Å². The zero-order valence-corrected chi connectivity index (χ0v) is 10.3. The molecule has 0 radical (unpaired) electrons. The van der Waals surface area contributed by atoms with Crippen molar-refractivity contribution >= 4 is 6.29 Å². The molecular weight excluding hydrogens is 222 g/mol. The Labute approximate surface area is 101 Å². The summed E-state index contributed by atoms with van der Waals surface area (Å²) in [5.41, 5.74) is 0.398. The fourth-order valence-corrected chi connectivity index (χ4v) is 1.15. The fourth-order valence-electron chi connectivity index (χ4n) is 1.15. The van der Waals surface area contributed by atoms with E-state index in [1.807, 2.05) is 20.8 Å². The highest BCUT2D eigenvalue weighted by Crippen LogP contribution is 2.20. The van der Waals surface area contributed by atoms with Crippen LogP contribution in [-0.4, -0.2) is 30.8 Å². The third-order valence-corrected chi connectivity index (χ3v) is 1.86. The second-order valence-electron chi connectivity index (χ2n) is 3.60. The second kappa shape index (κ2) is 6.85. The number of aromatic nitrogens is 1. The molecule has 94 valence electrons. The summed E-state index contributed by atoms with van der Waals surface area (Å²) in [6.45, 7) is 6.30. The van der Waals surface area contributed by atoms with E-state index < -0.39 is 0 Å². The highest BCUT2D eigenvalue weighted by molar-refractivity contribution is 5.79. The van der Waals surface area contributed by atoms with Gasteiger partial charge in [0.2, 0.25) is 5.88 Å². The summed E-state index contributed by atoms with van der Waals surface area (Å²) in [6, 6.07) is 1.55. The first-order valence-electron chi connectivity index (χ1n) is 5.49. The summed E-state index contributed by atoms with van der Waals surface area (Å²) in [6.07, 6.45) is 2.17. The minimum Gasteiger partial charge on any atom is -0.475 e. The first-order valence-corrected chi connectivity index (χ1v) is 5.49. The van der Waals surface area contributed by atoms with Gasteiger partial charge in [0.05, 0.1) is 17.9 Å². The van der Waals surface area contributed by atoms with Gasteiger partial charge in [0.15, 0.2) is 18.8 Å². The van der Waals surface area contributed by atoms with E-state index in [0.717, 1.165) is 0 Å². The Morgan fingerprint density at radius 3 is 2.82 bits per heavy atom. The van der Waals surface area contributed by atoms with Gasteiger partial charge in [-0.3, -0.25) is 4.79 Å². The average Bonchev–Trinajstić information content (AvgIpc) is 2.30. The Morgan fingerprint density at radius 1 is 1.47 bits per heavy atom. The summed E-state index contributed by atoms with van der Waals surface area (Å²) < 4.78 is 15.7. The molecular formula is C12H17NO4. The maximum atomic E-state index is 10.9. The maximum Gasteiger partial charge on any atom is 0.214 e. The molecule has 0 saturated heterocycles. The predicted molar refractivity (Wildman–Crippen MR) is 62.5 cm³/mol. The van der Waals surface area contributed by atoms with Crippen LogP contribution in [0.3, 0.4) is 0 Å². The number of rotatable bonds is 7. The van der Waals surface area contributed by atoms with Crippen molar-refractivity contribution in [1.29, 1.82) is 0 Å². The van der Waals surface area contributed by atoms with Gasteiger partial charge >= 0.3 is 0 Å². The Kier molecular flexibility index (Phi) is 5.42. The Morgan fingerprint density at radius 2 is 2.24 bits per heavy atom. The molecule has 0 saturated carbocycles. The lowest BCUT2D eigenvalue weighted by atomic mass is 10.2. The zero-order valence-electron chi connectivity index (χ0n) is 10.3. The summed E-state index contributed by atoms with van der Waals surface area (Å²) in [7, 11) is 0. The molecule has 0 aliphatic heterocycles. The molecule has 1 aromatic heterocycles. The lowest BCUT2D eigenvalue weighted by Gasteiger charge is -2.11. The van der Waals surface area contributed by atoms with Crippen LogP contribution in [-0.2, 0) is 4.74 Å². The SMILES string of the molecule is CCOCOc1cnc(OC(C)C)cc1C=O. The van der Waals surface area contributed by atoms with E-state index in [1.54, 1.807) is 6.07 Å². The summed E-state index contributed by atoms with van der Waals surface area (Å²) in [5, 5.41) is 0. The fraction of sp³-hybridized carbons (Fsp3) is 0.500. The number of carbonyl (C=O) groups is 1. The van der Waals surface area contributed by atoms with Crippen molar-refractivity contribution in [2.75, 3.05) is 13.4 Å². The highest BCUT2D eigenvalue weighted by atomic mass is 16.7. The minimum atomic E-state index is 0.0113. The Hall–Kier alpha value is -1.62. The largest absolute Gasteiger partial charge is 0.475 e. The Balaban J connectivity index is 2.74. The molecule has 1 rings (SSSR count). The smallest absolute Gasteiger partial charge is 0.214 e.